The molecule has 0 bridgehead atoms. The van der Waals surface area contributed by atoms with Gasteiger partial charge in [-0.2, -0.15) is 0 Å². The number of nitrogens with one attached hydrogen (secondary N) is 1. The molecule has 102 valence electrons. The highest BCUT2D eigenvalue weighted by molar-refractivity contribution is 7.89. The largest absolute Gasteiger partial charge is 0.399 e. The van der Waals surface area contributed by atoms with Gasteiger partial charge >= 0.3 is 0 Å². The van der Waals surface area contributed by atoms with Gasteiger partial charge < -0.3 is 11.1 Å². The van der Waals surface area contributed by atoms with Crippen molar-refractivity contribution in [3.63, 3.8) is 0 Å². The number of thiazole rings is 1. The smallest absolute Gasteiger partial charge is 0.240 e. The number of anilines is 2. The van der Waals surface area contributed by atoms with Crippen LogP contribution in [-0.4, -0.2) is 13.4 Å². The van der Waals surface area contributed by atoms with E-state index < -0.39 is 10.0 Å². The molecule has 0 saturated carbocycles. The maximum absolute atomic E-state index is 11.5. The molecule has 1 unspecified atom stereocenters. The Morgan fingerprint density at radius 1 is 1.42 bits per heavy atom. The molecule has 0 spiro atoms. The molecule has 19 heavy (non-hydrogen) atoms. The average molecular weight is 298 g/mol. The van der Waals surface area contributed by atoms with E-state index >= 15 is 0 Å². The van der Waals surface area contributed by atoms with E-state index in [4.69, 9.17) is 10.9 Å². The van der Waals surface area contributed by atoms with Crippen LogP contribution in [0.5, 0.6) is 0 Å². The first-order valence-corrected chi connectivity index (χ1v) is 7.89. The van der Waals surface area contributed by atoms with E-state index in [0.29, 0.717) is 11.4 Å². The maximum atomic E-state index is 11.5. The lowest BCUT2D eigenvalue weighted by molar-refractivity contribution is 0.598. The fourth-order valence-electron chi connectivity index (χ4n) is 1.64. The Kier molecular flexibility index (Phi) is 3.74. The summed E-state index contributed by atoms with van der Waals surface area (Å²) in [5.74, 6) is 0. The number of hydrogen-bond acceptors (Lipinski definition) is 6. The van der Waals surface area contributed by atoms with E-state index in [0.717, 1.165) is 5.01 Å². The van der Waals surface area contributed by atoms with Gasteiger partial charge in [-0.15, -0.1) is 11.3 Å². The molecule has 0 radical (unpaired) electrons. The number of aromatic nitrogens is 1. The van der Waals surface area contributed by atoms with Crippen molar-refractivity contribution in [1.82, 2.24) is 4.98 Å². The van der Waals surface area contributed by atoms with Crippen LogP contribution in [0.4, 0.5) is 11.4 Å². The monoisotopic (exact) mass is 298 g/mol. The van der Waals surface area contributed by atoms with Gasteiger partial charge in [0.2, 0.25) is 10.0 Å². The summed E-state index contributed by atoms with van der Waals surface area (Å²) in [6.07, 6.45) is 1.70. The van der Waals surface area contributed by atoms with E-state index in [1.165, 1.54) is 17.4 Å². The molecular formula is C11H14N4O2S2. The number of nitrogen functional groups attached to an aromatic ring is 1. The van der Waals surface area contributed by atoms with Crippen molar-refractivity contribution in [2.75, 3.05) is 11.1 Å². The van der Waals surface area contributed by atoms with Crippen LogP contribution in [0.15, 0.2) is 34.7 Å². The van der Waals surface area contributed by atoms with Gasteiger partial charge in [0.1, 0.15) is 9.90 Å². The van der Waals surface area contributed by atoms with Crippen molar-refractivity contribution >= 4 is 32.7 Å². The second-order valence-corrected chi connectivity index (χ2v) is 6.49. The van der Waals surface area contributed by atoms with E-state index in [1.807, 2.05) is 12.3 Å². The highest BCUT2D eigenvalue weighted by Gasteiger charge is 2.17. The first-order chi connectivity index (χ1) is 8.88. The number of rotatable bonds is 4. The molecule has 0 aliphatic rings. The number of nitrogens with two attached hydrogens (primary N) is 2. The Hall–Kier alpha value is -1.64. The lowest BCUT2D eigenvalue weighted by Gasteiger charge is -2.15. The van der Waals surface area contributed by atoms with Crippen molar-refractivity contribution < 1.29 is 8.42 Å². The molecule has 8 heteroatoms. The van der Waals surface area contributed by atoms with Gasteiger partial charge in [0.25, 0.3) is 0 Å². The molecule has 2 rings (SSSR count). The normalized spacial score (nSPS) is 13.2. The molecule has 0 aliphatic carbocycles. The molecule has 0 aliphatic heterocycles. The van der Waals surface area contributed by atoms with Gasteiger partial charge in [-0.05, 0) is 25.1 Å². The summed E-state index contributed by atoms with van der Waals surface area (Å²) in [4.78, 5) is 4.15. The third-order valence-electron chi connectivity index (χ3n) is 2.51. The molecule has 1 aromatic carbocycles. The summed E-state index contributed by atoms with van der Waals surface area (Å²) in [7, 11) is -3.83. The third kappa shape index (κ3) is 3.22. The number of benzene rings is 1. The van der Waals surface area contributed by atoms with Crippen LogP contribution in [-0.2, 0) is 10.0 Å². The van der Waals surface area contributed by atoms with Crippen LogP contribution in [0.1, 0.15) is 18.0 Å². The third-order valence-corrected chi connectivity index (χ3v) is 4.42. The molecule has 6 nitrogen and oxygen atoms in total. The van der Waals surface area contributed by atoms with Gasteiger partial charge in [0.05, 0.1) is 11.7 Å². The fourth-order valence-corrected chi connectivity index (χ4v) is 3.02. The number of primary sulfonamides is 1. The van der Waals surface area contributed by atoms with Crippen LogP contribution < -0.4 is 16.2 Å². The Morgan fingerprint density at radius 2 is 2.16 bits per heavy atom. The average Bonchev–Trinajstić information content (AvgIpc) is 2.83. The van der Waals surface area contributed by atoms with Crippen LogP contribution >= 0.6 is 11.3 Å². The number of nitrogens with zero attached hydrogens (tertiary/aromatic N) is 1. The van der Waals surface area contributed by atoms with Gasteiger partial charge in [-0.25, -0.2) is 18.5 Å². The number of sulfonamides is 1. The molecule has 1 atom stereocenters. The van der Waals surface area contributed by atoms with Crippen molar-refractivity contribution in [1.29, 1.82) is 0 Å². The Morgan fingerprint density at radius 3 is 2.74 bits per heavy atom. The van der Waals surface area contributed by atoms with Crippen molar-refractivity contribution in [2.24, 2.45) is 5.14 Å². The summed E-state index contributed by atoms with van der Waals surface area (Å²) in [6.45, 7) is 1.89. The van der Waals surface area contributed by atoms with E-state index in [2.05, 4.69) is 10.3 Å². The lowest BCUT2D eigenvalue weighted by atomic mass is 10.2. The van der Waals surface area contributed by atoms with Crippen molar-refractivity contribution in [2.45, 2.75) is 17.9 Å². The minimum atomic E-state index is -3.83. The summed E-state index contributed by atoms with van der Waals surface area (Å²) in [6, 6.07) is 4.43. The summed E-state index contributed by atoms with van der Waals surface area (Å²) in [5, 5.41) is 11.0. The van der Waals surface area contributed by atoms with Crippen LogP contribution in [0, 0.1) is 0 Å². The summed E-state index contributed by atoms with van der Waals surface area (Å²) < 4.78 is 23.1. The molecular weight excluding hydrogens is 284 g/mol. The SMILES string of the molecule is CC(Nc1ccc(N)cc1S(N)(=O)=O)c1nccs1. The van der Waals surface area contributed by atoms with Gasteiger partial charge in [0, 0.05) is 17.3 Å². The minimum Gasteiger partial charge on any atom is -0.399 e. The zero-order valence-corrected chi connectivity index (χ0v) is 11.8. The summed E-state index contributed by atoms with van der Waals surface area (Å²) in [5.41, 5.74) is 6.35. The molecule has 5 N–H and O–H groups in total. The van der Waals surface area contributed by atoms with Gasteiger partial charge in [0.15, 0.2) is 0 Å². The van der Waals surface area contributed by atoms with Crippen LogP contribution in [0.2, 0.25) is 0 Å². The molecule has 2 aromatic rings. The van der Waals surface area contributed by atoms with Crippen molar-refractivity contribution in [3.8, 4) is 0 Å². The number of hydrogen-bond donors (Lipinski definition) is 3. The lowest BCUT2D eigenvalue weighted by Crippen LogP contribution is -2.16. The fraction of sp³-hybridized carbons (Fsp3) is 0.182. The first-order valence-electron chi connectivity index (χ1n) is 5.46. The second-order valence-electron chi connectivity index (χ2n) is 4.04. The summed E-state index contributed by atoms with van der Waals surface area (Å²) >= 11 is 1.49. The first kappa shape index (κ1) is 13.8. The molecule has 0 amide bonds. The van der Waals surface area contributed by atoms with E-state index in [1.54, 1.807) is 18.3 Å². The Bertz CT molecular complexity index is 668. The predicted molar refractivity (Wildman–Crippen MR) is 76.4 cm³/mol. The molecule has 1 heterocycles. The van der Waals surface area contributed by atoms with E-state index in [9.17, 15) is 8.42 Å². The second kappa shape index (κ2) is 5.16. The quantitative estimate of drug-likeness (QED) is 0.741. The van der Waals surface area contributed by atoms with Gasteiger partial charge in [-0.3, -0.25) is 0 Å². The molecule has 1 aromatic heterocycles. The predicted octanol–water partition coefficient (Wildman–Crippen LogP) is 1.55. The minimum absolute atomic E-state index is 0.0177. The van der Waals surface area contributed by atoms with E-state index in [-0.39, 0.29) is 10.9 Å². The Balaban J connectivity index is 2.35. The standard InChI is InChI=1S/C11H14N4O2S2/c1-7(11-14-4-5-18-11)15-9-3-2-8(12)6-10(9)19(13,16)17/h2-7,15H,12H2,1H3,(H2,13,16,17). The highest BCUT2D eigenvalue weighted by atomic mass is 32.2. The topological polar surface area (TPSA) is 111 Å². The molecule has 0 fully saturated rings. The zero-order valence-electron chi connectivity index (χ0n) is 10.2. The van der Waals surface area contributed by atoms with Crippen LogP contribution in [0.25, 0.3) is 0 Å². The van der Waals surface area contributed by atoms with Gasteiger partial charge in [-0.1, -0.05) is 0 Å². The Labute approximate surface area is 115 Å². The maximum Gasteiger partial charge on any atom is 0.240 e. The molecule has 0 saturated heterocycles. The highest BCUT2D eigenvalue weighted by Crippen LogP contribution is 2.27. The van der Waals surface area contributed by atoms with Crippen molar-refractivity contribution in [3.05, 3.63) is 34.8 Å². The zero-order chi connectivity index (χ0) is 14.0. The van der Waals surface area contributed by atoms with Crippen LogP contribution in [0.3, 0.4) is 0 Å².